The highest BCUT2D eigenvalue weighted by molar-refractivity contribution is 14.1. The highest BCUT2D eigenvalue weighted by atomic mass is 127. The third-order valence-corrected chi connectivity index (χ3v) is 3.70. The van der Waals surface area contributed by atoms with E-state index >= 15 is 0 Å². The zero-order valence-corrected chi connectivity index (χ0v) is 13.1. The van der Waals surface area contributed by atoms with E-state index in [1.807, 2.05) is 6.92 Å². The van der Waals surface area contributed by atoms with Crippen molar-refractivity contribution in [3.8, 4) is 0 Å². The first-order valence-electron chi connectivity index (χ1n) is 4.99. The van der Waals surface area contributed by atoms with E-state index < -0.39 is 0 Å². The van der Waals surface area contributed by atoms with Crippen LogP contribution in [0.25, 0.3) is 0 Å². The number of nitrogens with zero attached hydrogens (tertiary/aromatic N) is 4. The second-order valence-electron chi connectivity index (χ2n) is 3.53. The average molecular weight is 409 g/mol. The number of halogens is 2. The smallest absolute Gasteiger partial charge is 0.201 e. The highest BCUT2D eigenvalue weighted by Gasteiger charge is 2.20. The number of ketones is 1. The summed E-state index contributed by atoms with van der Waals surface area (Å²) >= 11 is 5.36. The van der Waals surface area contributed by atoms with Crippen LogP contribution in [-0.2, 0) is 13.6 Å². The topological polar surface area (TPSA) is 52.7 Å². The number of carbonyl (C=O) groups excluding carboxylic acids is 1. The molecule has 0 aromatic carbocycles. The number of carbonyl (C=O) groups is 1. The summed E-state index contributed by atoms with van der Waals surface area (Å²) in [5, 5.41) is 8.35. The molecule has 0 bridgehead atoms. The average Bonchev–Trinajstić information content (AvgIpc) is 2.81. The first-order chi connectivity index (χ1) is 8.02. The van der Waals surface area contributed by atoms with E-state index in [1.54, 1.807) is 28.8 Å². The Morgan fingerprint density at radius 2 is 2.12 bits per heavy atom. The Kier molecular flexibility index (Phi) is 3.67. The van der Waals surface area contributed by atoms with Crippen molar-refractivity contribution in [1.82, 2.24) is 19.6 Å². The number of rotatable bonds is 3. The van der Waals surface area contributed by atoms with Crippen LogP contribution < -0.4 is 0 Å². The molecule has 2 heterocycles. The van der Waals surface area contributed by atoms with Gasteiger partial charge in [0, 0.05) is 26.0 Å². The van der Waals surface area contributed by atoms with Gasteiger partial charge in [0.1, 0.15) is 8.30 Å². The van der Waals surface area contributed by atoms with Gasteiger partial charge < -0.3 is 0 Å². The summed E-state index contributed by atoms with van der Waals surface area (Å²) in [6.07, 6.45) is 3.47. The fourth-order valence-corrected chi connectivity index (χ4v) is 2.68. The molecule has 0 radical (unpaired) electrons. The molecule has 17 heavy (non-hydrogen) atoms. The molecule has 0 saturated carbocycles. The molecule has 2 aromatic rings. The summed E-state index contributed by atoms with van der Waals surface area (Å²) < 4.78 is 4.63. The van der Waals surface area contributed by atoms with Crippen LogP contribution in [0, 0.1) is 3.70 Å². The second-order valence-corrected chi connectivity index (χ2v) is 5.30. The largest absolute Gasteiger partial charge is 0.288 e. The first kappa shape index (κ1) is 12.7. The SMILES string of the molecule is CCn1cc(C(=O)c2cn(C)nc2I)c(Br)n1. The van der Waals surface area contributed by atoms with Crippen LogP contribution >= 0.6 is 38.5 Å². The Bertz CT molecular complexity index is 575. The van der Waals surface area contributed by atoms with Gasteiger partial charge in [-0.15, -0.1) is 0 Å². The number of hydrogen-bond donors (Lipinski definition) is 0. The van der Waals surface area contributed by atoms with Gasteiger partial charge in [0.15, 0.2) is 0 Å². The second kappa shape index (κ2) is 4.89. The monoisotopic (exact) mass is 408 g/mol. The standard InChI is InChI=1S/C10H10BrIN4O/c1-3-16-5-6(9(11)13-16)8(17)7-4-15(2)14-10(7)12/h4-5H,3H2,1-2H3. The Balaban J connectivity index is 2.43. The molecule has 0 saturated heterocycles. The number of aromatic nitrogens is 4. The molecule has 2 rings (SSSR count). The lowest BCUT2D eigenvalue weighted by Gasteiger charge is -1.94. The van der Waals surface area contributed by atoms with Crippen molar-refractivity contribution in [3.63, 3.8) is 0 Å². The van der Waals surface area contributed by atoms with Crippen LogP contribution in [-0.4, -0.2) is 25.3 Å². The maximum Gasteiger partial charge on any atom is 0.201 e. The summed E-state index contributed by atoms with van der Waals surface area (Å²) in [5.74, 6) is -0.0610. The maximum atomic E-state index is 12.3. The van der Waals surface area contributed by atoms with Gasteiger partial charge in [0.05, 0.1) is 11.1 Å². The van der Waals surface area contributed by atoms with Crippen LogP contribution in [0.15, 0.2) is 17.0 Å². The highest BCUT2D eigenvalue weighted by Crippen LogP contribution is 2.20. The molecule has 7 heteroatoms. The maximum absolute atomic E-state index is 12.3. The zero-order valence-electron chi connectivity index (χ0n) is 9.31. The van der Waals surface area contributed by atoms with Crippen LogP contribution in [0.1, 0.15) is 22.8 Å². The fourth-order valence-electron chi connectivity index (χ4n) is 1.47. The van der Waals surface area contributed by atoms with Gasteiger partial charge in [-0.1, -0.05) is 0 Å². The zero-order chi connectivity index (χ0) is 12.6. The molecule has 0 aliphatic rings. The molecule has 0 amide bonds. The molecular weight excluding hydrogens is 399 g/mol. The lowest BCUT2D eigenvalue weighted by molar-refractivity contribution is 0.103. The fraction of sp³-hybridized carbons (Fsp3) is 0.300. The molecule has 0 atom stereocenters. The van der Waals surface area contributed by atoms with Crippen molar-refractivity contribution < 1.29 is 4.79 Å². The van der Waals surface area contributed by atoms with Crippen LogP contribution in [0.4, 0.5) is 0 Å². The molecule has 0 aliphatic carbocycles. The molecule has 90 valence electrons. The minimum absolute atomic E-state index is 0.0610. The Hall–Kier alpha value is -0.700. The molecule has 2 aromatic heterocycles. The van der Waals surface area contributed by atoms with Crippen LogP contribution in [0.2, 0.25) is 0 Å². The van der Waals surface area contributed by atoms with E-state index in [1.165, 1.54) is 0 Å². The number of hydrogen-bond acceptors (Lipinski definition) is 3. The van der Waals surface area contributed by atoms with Gasteiger partial charge in [-0.05, 0) is 45.4 Å². The third-order valence-electron chi connectivity index (χ3n) is 2.31. The van der Waals surface area contributed by atoms with E-state index in [-0.39, 0.29) is 5.78 Å². The van der Waals surface area contributed by atoms with Crippen LogP contribution in [0.5, 0.6) is 0 Å². The van der Waals surface area contributed by atoms with Gasteiger partial charge in [0.2, 0.25) is 5.78 Å². The van der Waals surface area contributed by atoms with Crippen molar-refractivity contribution in [2.45, 2.75) is 13.5 Å². The molecule has 0 N–H and O–H groups in total. The lowest BCUT2D eigenvalue weighted by atomic mass is 10.1. The predicted molar refractivity (Wildman–Crippen MR) is 75.0 cm³/mol. The summed E-state index contributed by atoms with van der Waals surface area (Å²) in [4.78, 5) is 12.3. The van der Waals surface area contributed by atoms with Crippen molar-refractivity contribution in [3.05, 3.63) is 31.8 Å². The van der Waals surface area contributed by atoms with Crippen molar-refractivity contribution in [1.29, 1.82) is 0 Å². The number of aryl methyl sites for hydroxylation is 2. The van der Waals surface area contributed by atoms with Crippen molar-refractivity contribution in [2.24, 2.45) is 7.05 Å². The summed E-state index contributed by atoms with van der Waals surface area (Å²) in [6, 6.07) is 0. The molecular formula is C10H10BrIN4O. The van der Waals surface area contributed by atoms with E-state index in [2.05, 4.69) is 48.7 Å². The predicted octanol–water partition coefficient (Wildman–Crippen LogP) is 2.23. The molecule has 0 spiro atoms. The quantitative estimate of drug-likeness (QED) is 0.578. The normalized spacial score (nSPS) is 10.8. The van der Waals surface area contributed by atoms with Crippen molar-refractivity contribution >= 4 is 44.3 Å². The summed E-state index contributed by atoms with van der Waals surface area (Å²) in [5.41, 5.74) is 1.17. The summed E-state index contributed by atoms with van der Waals surface area (Å²) in [7, 11) is 1.80. The van der Waals surface area contributed by atoms with Gasteiger partial charge in [-0.2, -0.15) is 10.2 Å². The van der Waals surface area contributed by atoms with Gasteiger partial charge in [-0.25, -0.2) is 0 Å². The van der Waals surface area contributed by atoms with Crippen molar-refractivity contribution in [2.75, 3.05) is 0 Å². The van der Waals surface area contributed by atoms with E-state index in [9.17, 15) is 4.79 Å². The minimum atomic E-state index is -0.0610. The molecule has 0 unspecified atom stereocenters. The Morgan fingerprint density at radius 1 is 1.41 bits per heavy atom. The molecule has 0 aliphatic heterocycles. The lowest BCUT2D eigenvalue weighted by Crippen LogP contribution is -2.01. The van der Waals surface area contributed by atoms with E-state index in [0.29, 0.717) is 19.4 Å². The molecule has 0 fully saturated rings. The van der Waals surface area contributed by atoms with Gasteiger partial charge in [0.25, 0.3) is 0 Å². The third kappa shape index (κ3) is 2.44. The summed E-state index contributed by atoms with van der Waals surface area (Å²) in [6.45, 7) is 2.71. The minimum Gasteiger partial charge on any atom is -0.288 e. The van der Waals surface area contributed by atoms with Gasteiger partial charge >= 0.3 is 0 Å². The van der Waals surface area contributed by atoms with Gasteiger partial charge in [-0.3, -0.25) is 14.2 Å². The van der Waals surface area contributed by atoms with Crippen LogP contribution in [0.3, 0.4) is 0 Å². The van der Waals surface area contributed by atoms with E-state index in [0.717, 1.165) is 6.54 Å². The molecule has 5 nitrogen and oxygen atoms in total. The Morgan fingerprint density at radius 3 is 2.59 bits per heavy atom. The van der Waals surface area contributed by atoms with E-state index in [4.69, 9.17) is 0 Å². The first-order valence-corrected chi connectivity index (χ1v) is 6.87. The Labute approximate surface area is 120 Å².